The van der Waals surface area contributed by atoms with Gasteiger partial charge in [0.15, 0.2) is 7.06 Å². The van der Waals surface area contributed by atoms with E-state index in [1.807, 2.05) is 0 Å². The second kappa shape index (κ2) is 2.32. The zero-order chi connectivity index (χ0) is 12.0. The molecule has 0 aromatic carbocycles. The number of aromatic amines is 1. The highest BCUT2D eigenvalue weighted by Gasteiger charge is 2.08. The summed E-state index contributed by atoms with van der Waals surface area (Å²) in [5.74, 6) is 0. The number of nitrogens with zero attached hydrogens (tertiary/aromatic N) is 3. The van der Waals surface area contributed by atoms with E-state index in [4.69, 9.17) is 4.15 Å². The highest BCUT2D eigenvalue weighted by Crippen LogP contribution is 1.97. The summed E-state index contributed by atoms with van der Waals surface area (Å²) in [6, 6.07) is 0. The summed E-state index contributed by atoms with van der Waals surface area (Å²) in [5, 5.41) is 0. The van der Waals surface area contributed by atoms with E-state index >= 15 is 0 Å². The lowest BCUT2D eigenvalue weighted by molar-refractivity contribution is 0.709. The van der Waals surface area contributed by atoms with Gasteiger partial charge in [-0.15, -0.1) is 0 Å². The molecular formula is C7H8N4O2. The first kappa shape index (κ1) is 5.00. The Morgan fingerprint density at radius 3 is 3.08 bits per heavy atom. The number of rotatable bonds is 0. The lowest BCUT2D eigenvalue weighted by Gasteiger charge is -2.00. The predicted octanol–water partition coefficient (Wildman–Crippen LogP) is -1.04. The van der Waals surface area contributed by atoms with Crippen molar-refractivity contribution in [3.63, 3.8) is 0 Å². The molecule has 0 atom stereocenters. The number of aromatic nitrogens is 4. The van der Waals surface area contributed by atoms with Crippen LogP contribution in [-0.4, -0.2) is 19.1 Å². The molecular weight excluding hydrogens is 172 g/mol. The Balaban J connectivity index is 3.10. The molecule has 0 saturated carbocycles. The van der Waals surface area contributed by atoms with E-state index in [9.17, 15) is 9.59 Å². The second-order valence-corrected chi connectivity index (χ2v) is 2.56. The van der Waals surface area contributed by atoms with Gasteiger partial charge in [-0.25, -0.2) is 9.78 Å². The van der Waals surface area contributed by atoms with E-state index in [0.29, 0.717) is 4.57 Å². The molecule has 13 heavy (non-hydrogen) atoms. The van der Waals surface area contributed by atoms with Gasteiger partial charge in [-0.3, -0.25) is 13.9 Å². The third-order valence-corrected chi connectivity index (χ3v) is 1.81. The van der Waals surface area contributed by atoms with Gasteiger partial charge < -0.3 is 4.98 Å². The third-order valence-electron chi connectivity index (χ3n) is 1.81. The summed E-state index contributed by atoms with van der Waals surface area (Å²) in [5.41, 5.74) is -1.68. The zero-order valence-electron chi connectivity index (χ0n) is 9.76. The molecule has 68 valence electrons. The largest absolute Gasteiger partial charge is 0.339 e. The fourth-order valence-corrected chi connectivity index (χ4v) is 1.11. The summed E-state index contributed by atoms with van der Waals surface area (Å²) in [6.07, 6.45) is 1.08. The van der Waals surface area contributed by atoms with Crippen LogP contribution < -0.4 is 11.2 Å². The Hall–Kier alpha value is -1.85. The smallest absolute Gasteiger partial charge is 0.332 e. The number of nitrogens with one attached hydrogen (secondary N) is 1. The van der Waals surface area contributed by atoms with Crippen molar-refractivity contribution in [2.45, 2.75) is 0 Å². The second-order valence-electron chi connectivity index (χ2n) is 2.56. The van der Waals surface area contributed by atoms with Crippen molar-refractivity contribution in [1.29, 1.82) is 0 Å². The van der Waals surface area contributed by atoms with Crippen molar-refractivity contribution in [3.05, 3.63) is 27.2 Å². The van der Waals surface area contributed by atoms with E-state index in [1.165, 1.54) is 7.05 Å². The standard InChI is InChI=1S/C7H8N4O2/c1-10-5-4(8-3-9-5)6(12)11(2)7(10)13/h3H,1-2H3,(H,8,9)/i2D2/hD. The lowest BCUT2D eigenvalue weighted by atomic mass is 10.5. The highest BCUT2D eigenvalue weighted by molar-refractivity contribution is 5.68. The molecule has 2 aromatic rings. The summed E-state index contributed by atoms with van der Waals surface area (Å²) in [7, 11) is 1.37. The molecule has 0 bridgehead atoms. The molecule has 0 spiro atoms. The minimum Gasteiger partial charge on any atom is -0.339 e. The van der Waals surface area contributed by atoms with Crippen molar-refractivity contribution in [2.24, 2.45) is 14.0 Å². The van der Waals surface area contributed by atoms with Gasteiger partial charge in [0.05, 0.1) is 6.33 Å². The Morgan fingerprint density at radius 2 is 2.38 bits per heavy atom. The molecule has 2 rings (SSSR count). The SMILES string of the molecule is [2H]C([2H])n1c(=O)c2c(ncn2[2H])n(C)c1=O. The van der Waals surface area contributed by atoms with Crippen molar-refractivity contribution < 1.29 is 4.15 Å². The number of fused-ring (bicyclic) bond motifs is 1. The van der Waals surface area contributed by atoms with E-state index in [-0.39, 0.29) is 11.2 Å². The number of aryl methyl sites for hydroxylation is 1. The van der Waals surface area contributed by atoms with Crippen LogP contribution in [0.4, 0.5) is 0 Å². The molecule has 0 saturated heterocycles. The van der Waals surface area contributed by atoms with E-state index in [1.54, 1.807) is 0 Å². The normalized spacial score (nSPS) is 14.5. The van der Waals surface area contributed by atoms with Crippen LogP contribution in [0.15, 0.2) is 15.9 Å². The van der Waals surface area contributed by atoms with Gasteiger partial charge in [-0.1, -0.05) is 0 Å². The fourth-order valence-electron chi connectivity index (χ4n) is 1.11. The number of hydrogen-bond donors (Lipinski definition) is 1. The van der Waals surface area contributed by atoms with Crippen molar-refractivity contribution >= 4 is 11.2 Å². The Morgan fingerprint density at radius 1 is 1.62 bits per heavy atom. The number of hydrogen-bond acceptors (Lipinski definition) is 3. The van der Waals surface area contributed by atoms with E-state index < -0.39 is 18.2 Å². The van der Waals surface area contributed by atoms with Crippen LogP contribution in [0.3, 0.4) is 0 Å². The molecule has 2 heterocycles. The molecule has 0 unspecified atom stereocenters. The molecule has 6 heteroatoms. The summed E-state index contributed by atoms with van der Waals surface area (Å²) >= 11 is 0. The quantitative estimate of drug-likeness (QED) is 0.567. The maximum Gasteiger partial charge on any atom is 0.332 e. The molecule has 6 nitrogen and oxygen atoms in total. The zero-order valence-corrected chi connectivity index (χ0v) is 6.76. The maximum atomic E-state index is 11.8. The molecule has 1 N–H and O–H groups in total. The minimum atomic E-state index is -1.74. The lowest BCUT2D eigenvalue weighted by Crippen LogP contribution is -2.36. The first-order chi connectivity index (χ1) is 7.45. The van der Waals surface area contributed by atoms with Gasteiger partial charge in [0, 0.05) is 16.8 Å². The molecule has 0 amide bonds. The molecule has 0 radical (unpaired) electrons. The Labute approximate surface area is 76.7 Å². The van der Waals surface area contributed by atoms with Gasteiger partial charge in [0.25, 0.3) is 5.56 Å². The van der Waals surface area contributed by atoms with Crippen LogP contribution in [0.5, 0.6) is 0 Å². The summed E-state index contributed by atoms with van der Waals surface area (Å²) in [6.45, 7) is -1.74. The molecule has 2 aromatic heterocycles. The number of H-pyrrole nitrogens is 1. The van der Waals surface area contributed by atoms with Crippen LogP contribution in [0, 0.1) is 0 Å². The van der Waals surface area contributed by atoms with Crippen molar-refractivity contribution in [3.8, 4) is 0 Å². The average molecular weight is 183 g/mol. The van der Waals surface area contributed by atoms with Gasteiger partial charge in [-0.05, 0) is 0 Å². The van der Waals surface area contributed by atoms with Crippen LogP contribution in [-0.2, 0) is 14.0 Å². The van der Waals surface area contributed by atoms with Crippen LogP contribution >= 0.6 is 0 Å². The van der Waals surface area contributed by atoms with E-state index in [2.05, 4.69) is 4.98 Å². The molecule has 0 aliphatic carbocycles. The van der Waals surface area contributed by atoms with Crippen LogP contribution in [0.1, 0.15) is 2.74 Å². The molecule has 0 aliphatic rings. The van der Waals surface area contributed by atoms with Gasteiger partial charge in [0.2, 0.25) is 0 Å². The summed E-state index contributed by atoms with van der Waals surface area (Å²) in [4.78, 5) is 27.8. The van der Waals surface area contributed by atoms with Crippen LogP contribution in [0.2, 0.25) is 1.41 Å². The van der Waals surface area contributed by atoms with Crippen molar-refractivity contribution in [2.75, 3.05) is 0 Å². The van der Waals surface area contributed by atoms with E-state index in [0.717, 1.165) is 15.9 Å². The third kappa shape index (κ3) is 0.851. The number of imidazole rings is 1. The Bertz CT molecular complexity index is 669. The highest BCUT2D eigenvalue weighted by atomic mass is 16.2. The monoisotopic (exact) mass is 183 g/mol. The predicted molar refractivity (Wildman–Crippen MR) is 46.6 cm³/mol. The van der Waals surface area contributed by atoms with Gasteiger partial charge in [-0.2, -0.15) is 0 Å². The maximum absolute atomic E-state index is 11.8. The molecule has 0 aliphatic heterocycles. The first-order valence-electron chi connectivity index (χ1n) is 5.07. The van der Waals surface area contributed by atoms with Crippen molar-refractivity contribution in [1.82, 2.24) is 19.1 Å². The molecule has 0 fully saturated rings. The minimum absolute atomic E-state index is 0.0712. The first-order valence-corrected chi connectivity index (χ1v) is 3.47. The fraction of sp³-hybridized carbons (Fsp3) is 0.286. The summed E-state index contributed by atoms with van der Waals surface area (Å²) < 4.78 is 23.1. The Kier molecular flexibility index (Phi) is 0.892. The van der Waals surface area contributed by atoms with Gasteiger partial charge >= 0.3 is 5.69 Å². The average Bonchev–Trinajstić information content (AvgIpc) is 2.57. The van der Waals surface area contributed by atoms with Crippen LogP contribution in [0.25, 0.3) is 11.2 Å². The topological polar surface area (TPSA) is 72.7 Å². The van der Waals surface area contributed by atoms with Gasteiger partial charge in [0.1, 0.15) is 5.52 Å².